The molecule has 2 aromatic rings. The number of hydrogen-bond donors (Lipinski definition) is 1. The van der Waals surface area contributed by atoms with Crippen LogP contribution in [0.1, 0.15) is 24.3 Å². The Balaban J connectivity index is 2.20. The molecule has 0 saturated carbocycles. The Labute approximate surface area is 100 Å². The van der Waals surface area contributed by atoms with E-state index < -0.39 is 0 Å². The third-order valence-electron chi connectivity index (χ3n) is 2.61. The first-order valence-electron chi connectivity index (χ1n) is 5.52. The van der Waals surface area contributed by atoms with Gasteiger partial charge in [0, 0.05) is 16.9 Å². The molecule has 2 rings (SSSR count). The summed E-state index contributed by atoms with van der Waals surface area (Å²) in [5.41, 5.74) is 7.82. The SMILES string of the molecule is CC(CCN)c1nc(-c2ccccc2)cs1. The summed E-state index contributed by atoms with van der Waals surface area (Å²) >= 11 is 1.73. The molecule has 0 bridgehead atoms. The van der Waals surface area contributed by atoms with Crippen molar-refractivity contribution >= 4 is 11.3 Å². The fourth-order valence-electron chi connectivity index (χ4n) is 1.63. The molecule has 0 radical (unpaired) electrons. The number of benzene rings is 1. The first kappa shape index (κ1) is 11.3. The quantitative estimate of drug-likeness (QED) is 0.878. The van der Waals surface area contributed by atoms with Crippen molar-refractivity contribution in [2.45, 2.75) is 19.3 Å². The minimum atomic E-state index is 0.465. The minimum absolute atomic E-state index is 0.465. The topological polar surface area (TPSA) is 38.9 Å². The largest absolute Gasteiger partial charge is 0.330 e. The first-order valence-corrected chi connectivity index (χ1v) is 6.40. The summed E-state index contributed by atoms with van der Waals surface area (Å²) in [4.78, 5) is 4.66. The number of hydrogen-bond acceptors (Lipinski definition) is 3. The van der Waals surface area contributed by atoms with E-state index in [1.54, 1.807) is 11.3 Å². The third-order valence-corrected chi connectivity index (χ3v) is 3.69. The van der Waals surface area contributed by atoms with Crippen LogP contribution in [-0.4, -0.2) is 11.5 Å². The fourth-order valence-corrected chi connectivity index (χ4v) is 2.55. The average Bonchev–Trinajstić information content (AvgIpc) is 2.80. The minimum Gasteiger partial charge on any atom is -0.330 e. The van der Waals surface area contributed by atoms with E-state index in [-0.39, 0.29) is 0 Å². The Hall–Kier alpha value is -1.19. The van der Waals surface area contributed by atoms with Gasteiger partial charge in [0.25, 0.3) is 0 Å². The normalized spacial score (nSPS) is 12.6. The summed E-state index contributed by atoms with van der Waals surface area (Å²) in [5.74, 6) is 0.465. The summed E-state index contributed by atoms with van der Waals surface area (Å²) < 4.78 is 0. The molecule has 1 atom stereocenters. The maximum atomic E-state index is 5.56. The second-order valence-electron chi connectivity index (χ2n) is 3.92. The highest BCUT2D eigenvalue weighted by Gasteiger charge is 2.10. The summed E-state index contributed by atoms with van der Waals surface area (Å²) in [5, 5.41) is 3.31. The monoisotopic (exact) mass is 232 g/mol. The molecule has 0 spiro atoms. The summed E-state index contributed by atoms with van der Waals surface area (Å²) in [7, 11) is 0. The second kappa shape index (κ2) is 5.23. The molecule has 1 aromatic carbocycles. The number of nitrogens with two attached hydrogens (primary N) is 1. The van der Waals surface area contributed by atoms with Gasteiger partial charge in [0.05, 0.1) is 10.7 Å². The van der Waals surface area contributed by atoms with Gasteiger partial charge in [0.1, 0.15) is 0 Å². The molecule has 0 aliphatic carbocycles. The number of thiazole rings is 1. The molecule has 0 saturated heterocycles. The Bertz CT molecular complexity index is 436. The number of aromatic nitrogens is 1. The maximum absolute atomic E-state index is 5.56. The first-order chi connectivity index (χ1) is 7.81. The van der Waals surface area contributed by atoms with E-state index in [4.69, 9.17) is 5.73 Å². The van der Waals surface area contributed by atoms with Gasteiger partial charge >= 0.3 is 0 Å². The van der Waals surface area contributed by atoms with E-state index in [0.717, 1.165) is 18.7 Å². The zero-order chi connectivity index (χ0) is 11.4. The molecule has 84 valence electrons. The molecule has 2 nitrogen and oxygen atoms in total. The zero-order valence-electron chi connectivity index (χ0n) is 9.39. The lowest BCUT2D eigenvalue weighted by Crippen LogP contribution is -2.04. The summed E-state index contributed by atoms with van der Waals surface area (Å²) in [6.45, 7) is 2.90. The Kier molecular flexibility index (Phi) is 3.70. The molecule has 0 fully saturated rings. The molecular weight excluding hydrogens is 216 g/mol. The van der Waals surface area contributed by atoms with Crippen LogP contribution < -0.4 is 5.73 Å². The number of rotatable bonds is 4. The lowest BCUT2D eigenvalue weighted by atomic mass is 10.1. The van der Waals surface area contributed by atoms with Gasteiger partial charge in [0.15, 0.2) is 0 Å². The summed E-state index contributed by atoms with van der Waals surface area (Å²) in [6, 6.07) is 10.3. The fraction of sp³-hybridized carbons (Fsp3) is 0.308. The van der Waals surface area contributed by atoms with Crippen molar-refractivity contribution in [2.24, 2.45) is 5.73 Å². The summed E-state index contributed by atoms with van der Waals surface area (Å²) in [6.07, 6.45) is 1.00. The van der Waals surface area contributed by atoms with E-state index in [0.29, 0.717) is 5.92 Å². The van der Waals surface area contributed by atoms with Crippen LogP contribution in [0.5, 0.6) is 0 Å². The van der Waals surface area contributed by atoms with Crippen LogP contribution in [0.3, 0.4) is 0 Å². The van der Waals surface area contributed by atoms with E-state index in [9.17, 15) is 0 Å². The van der Waals surface area contributed by atoms with Gasteiger partial charge in [-0.25, -0.2) is 4.98 Å². The highest BCUT2D eigenvalue weighted by Crippen LogP contribution is 2.27. The smallest absolute Gasteiger partial charge is 0.0961 e. The van der Waals surface area contributed by atoms with Crippen molar-refractivity contribution in [2.75, 3.05) is 6.54 Å². The molecule has 0 aliphatic rings. The van der Waals surface area contributed by atoms with E-state index >= 15 is 0 Å². The Morgan fingerprint density at radius 2 is 2.06 bits per heavy atom. The van der Waals surface area contributed by atoms with Gasteiger partial charge in [-0.1, -0.05) is 37.3 Å². The van der Waals surface area contributed by atoms with Crippen molar-refractivity contribution < 1.29 is 0 Å². The molecule has 1 aromatic heterocycles. The van der Waals surface area contributed by atoms with Crippen LogP contribution in [0.25, 0.3) is 11.3 Å². The molecule has 2 N–H and O–H groups in total. The predicted octanol–water partition coefficient (Wildman–Crippen LogP) is 3.26. The molecule has 1 unspecified atom stereocenters. The molecular formula is C13H16N2S. The van der Waals surface area contributed by atoms with E-state index in [2.05, 4.69) is 29.4 Å². The van der Waals surface area contributed by atoms with Gasteiger partial charge in [-0.3, -0.25) is 0 Å². The van der Waals surface area contributed by atoms with Gasteiger partial charge in [0.2, 0.25) is 0 Å². The average molecular weight is 232 g/mol. The van der Waals surface area contributed by atoms with Gasteiger partial charge in [-0.05, 0) is 13.0 Å². The van der Waals surface area contributed by atoms with Crippen LogP contribution in [-0.2, 0) is 0 Å². The lowest BCUT2D eigenvalue weighted by molar-refractivity contribution is 0.685. The van der Waals surface area contributed by atoms with Crippen LogP contribution in [0, 0.1) is 0 Å². The maximum Gasteiger partial charge on any atom is 0.0961 e. The van der Waals surface area contributed by atoms with Gasteiger partial charge in [-0.2, -0.15) is 0 Å². The van der Waals surface area contributed by atoms with Crippen molar-refractivity contribution in [3.05, 3.63) is 40.7 Å². The third kappa shape index (κ3) is 2.49. The van der Waals surface area contributed by atoms with Crippen LogP contribution in [0.15, 0.2) is 35.7 Å². The van der Waals surface area contributed by atoms with Crippen LogP contribution in [0.2, 0.25) is 0 Å². The lowest BCUT2D eigenvalue weighted by Gasteiger charge is -2.04. The van der Waals surface area contributed by atoms with E-state index in [1.807, 2.05) is 18.2 Å². The predicted molar refractivity (Wildman–Crippen MR) is 69.6 cm³/mol. The molecule has 0 amide bonds. The van der Waals surface area contributed by atoms with Gasteiger partial charge < -0.3 is 5.73 Å². The zero-order valence-corrected chi connectivity index (χ0v) is 10.2. The number of nitrogens with zero attached hydrogens (tertiary/aromatic N) is 1. The van der Waals surface area contributed by atoms with Crippen molar-refractivity contribution in [3.63, 3.8) is 0 Å². The standard InChI is InChI=1S/C13H16N2S/c1-10(7-8-14)13-15-12(9-16-13)11-5-3-2-4-6-11/h2-6,9-10H,7-8,14H2,1H3. The van der Waals surface area contributed by atoms with E-state index in [1.165, 1.54) is 10.6 Å². The van der Waals surface area contributed by atoms with Crippen molar-refractivity contribution in [3.8, 4) is 11.3 Å². The Morgan fingerprint density at radius 1 is 1.31 bits per heavy atom. The molecule has 3 heteroatoms. The molecule has 1 heterocycles. The van der Waals surface area contributed by atoms with Crippen LogP contribution >= 0.6 is 11.3 Å². The van der Waals surface area contributed by atoms with Gasteiger partial charge in [-0.15, -0.1) is 11.3 Å². The van der Waals surface area contributed by atoms with Crippen molar-refractivity contribution in [1.29, 1.82) is 0 Å². The molecule has 16 heavy (non-hydrogen) atoms. The van der Waals surface area contributed by atoms with Crippen molar-refractivity contribution in [1.82, 2.24) is 4.98 Å². The van der Waals surface area contributed by atoms with Crippen LogP contribution in [0.4, 0.5) is 0 Å². The Morgan fingerprint density at radius 3 is 2.75 bits per heavy atom. The second-order valence-corrected chi connectivity index (χ2v) is 4.81. The highest BCUT2D eigenvalue weighted by atomic mass is 32.1. The molecule has 0 aliphatic heterocycles. The highest BCUT2D eigenvalue weighted by molar-refractivity contribution is 7.10.